The van der Waals surface area contributed by atoms with E-state index in [1.807, 2.05) is 0 Å². The smallest absolute Gasteiger partial charge is 0.00823 e. The van der Waals surface area contributed by atoms with E-state index in [1.165, 1.54) is 17.6 Å². The maximum absolute atomic E-state index is 3.30. The van der Waals surface area contributed by atoms with Crippen molar-refractivity contribution in [2.75, 3.05) is 0 Å². The second-order valence-electron chi connectivity index (χ2n) is 4.23. The van der Waals surface area contributed by atoms with Gasteiger partial charge in [-0.15, -0.1) is 5.73 Å². The van der Waals surface area contributed by atoms with Gasteiger partial charge in [-0.2, -0.15) is 0 Å². The third kappa shape index (κ3) is 2.16. The average molecular weight is 184 g/mol. The predicted molar refractivity (Wildman–Crippen MR) is 60.2 cm³/mol. The predicted octanol–water partition coefficient (Wildman–Crippen LogP) is 3.91. The maximum atomic E-state index is 3.30. The highest BCUT2D eigenvalue weighted by atomic mass is 14.4. The van der Waals surface area contributed by atoms with Crippen LogP contribution in [0.1, 0.15) is 31.7 Å². The second-order valence-corrected chi connectivity index (χ2v) is 4.23. The van der Waals surface area contributed by atoms with Crippen molar-refractivity contribution in [2.45, 2.75) is 26.2 Å². The summed E-state index contributed by atoms with van der Waals surface area (Å²) in [6, 6.07) is 10.8. The molecule has 0 spiro atoms. The first-order chi connectivity index (χ1) is 6.77. The molecule has 72 valence electrons. The molecule has 1 aromatic carbocycles. The Bertz CT molecular complexity index is 362. The Kier molecular flexibility index (Phi) is 2.56. The molecule has 0 aromatic heterocycles. The summed E-state index contributed by atoms with van der Waals surface area (Å²) >= 11 is 0. The molecule has 0 amide bonds. The molecule has 1 fully saturated rings. The quantitative estimate of drug-likeness (QED) is 0.611. The minimum Gasteiger partial charge on any atom is -0.126 e. The van der Waals surface area contributed by atoms with Gasteiger partial charge >= 0.3 is 0 Å². The zero-order chi connectivity index (χ0) is 9.97. The molecule has 1 saturated carbocycles. The Morgan fingerprint density at radius 2 is 2.00 bits per heavy atom. The van der Waals surface area contributed by atoms with Gasteiger partial charge in [-0.1, -0.05) is 30.3 Å². The molecule has 0 heteroatoms. The molecule has 2 rings (SSSR count). The zero-order valence-corrected chi connectivity index (χ0v) is 8.83. The molecular formula is C14H16. The average Bonchev–Trinajstić information content (AvgIpc) is 2.95. The molecule has 0 bridgehead atoms. The Hall–Kier alpha value is -1.26. The number of allylic oxidation sites excluding steroid dienone is 1. The van der Waals surface area contributed by atoms with Gasteiger partial charge in [0.05, 0.1) is 0 Å². The van der Waals surface area contributed by atoms with E-state index in [0.29, 0.717) is 0 Å². The number of benzene rings is 1. The van der Waals surface area contributed by atoms with E-state index in [-0.39, 0.29) is 0 Å². The summed E-state index contributed by atoms with van der Waals surface area (Å²) in [5.74, 6) is 1.48. The monoisotopic (exact) mass is 184 g/mol. The molecule has 0 heterocycles. The van der Waals surface area contributed by atoms with Crippen LogP contribution in [0.2, 0.25) is 0 Å². The molecule has 1 aliphatic carbocycles. The van der Waals surface area contributed by atoms with Gasteiger partial charge in [0, 0.05) is 0 Å². The maximum Gasteiger partial charge on any atom is -0.00823 e. The summed E-state index contributed by atoms with van der Waals surface area (Å²) in [4.78, 5) is 0. The summed E-state index contributed by atoms with van der Waals surface area (Å²) in [5.41, 5.74) is 6.04. The van der Waals surface area contributed by atoms with Gasteiger partial charge < -0.3 is 0 Å². The van der Waals surface area contributed by atoms with Crippen LogP contribution in [0.25, 0.3) is 0 Å². The van der Waals surface area contributed by atoms with Crippen LogP contribution in [0.4, 0.5) is 0 Å². The summed E-state index contributed by atoms with van der Waals surface area (Å²) in [7, 11) is 0. The minimum absolute atomic E-state index is 0.729. The van der Waals surface area contributed by atoms with Gasteiger partial charge in [-0.05, 0) is 49.3 Å². The van der Waals surface area contributed by atoms with Crippen molar-refractivity contribution >= 4 is 0 Å². The van der Waals surface area contributed by atoms with Crippen LogP contribution in [-0.2, 0) is 0 Å². The Balaban J connectivity index is 2.04. The highest BCUT2D eigenvalue weighted by molar-refractivity contribution is 5.28. The molecule has 0 N–H and O–H groups in total. The van der Waals surface area contributed by atoms with E-state index in [1.54, 1.807) is 0 Å². The number of rotatable bonds is 2. The molecular weight excluding hydrogens is 168 g/mol. The Labute approximate surface area is 86.0 Å². The fourth-order valence-corrected chi connectivity index (χ4v) is 1.76. The molecule has 14 heavy (non-hydrogen) atoms. The van der Waals surface area contributed by atoms with Crippen molar-refractivity contribution < 1.29 is 0 Å². The topological polar surface area (TPSA) is 0 Å². The lowest BCUT2D eigenvalue weighted by Crippen LogP contribution is -1.78. The Morgan fingerprint density at radius 3 is 2.64 bits per heavy atom. The van der Waals surface area contributed by atoms with E-state index in [4.69, 9.17) is 0 Å². The van der Waals surface area contributed by atoms with E-state index >= 15 is 0 Å². The molecule has 0 saturated heterocycles. The lowest BCUT2D eigenvalue weighted by molar-refractivity contribution is 1.01. The van der Waals surface area contributed by atoms with Gasteiger partial charge in [0.25, 0.3) is 0 Å². The second kappa shape index (κ2) is 3.86. The van der Waals surface area contributed by atoms with Gasteiger partial charge in [0.2, 0.25) is 0 Å². The first-order valence-corrected chi connectivity index (χ1v) is 5.22. The number of hydrogen-bond donors (Lipinski definition) is 0. The van der Waals surface area contributed by atoms with Gasteiger partial charge in [0.15, 0.2) is 0 Å². The summed E-state index contributed by atoms with van der Waals surface area (Å²) in [5, 5.41) is 0. The summed E-state index contributed by atoms with van der Waals surface area (Å²) in [6.45, 7) is 4.19. The van der Waals surface area contributed by atoms with Crippen molar-refractivity contribution in [3.63, 3.8) is 0 Å². The molecule has 0 aliphatic heterocycles. The van der Waals surface area contributed by atoms with E-state index in [2.05, 4.69) is 56.0 Å². The largest absolute Gasteiger partial charge is 0.126 e. The third-order valence-electron chi connectivity index (χ3n) is 2.65. The molecule has 0 nitrogen and oxygen atoms in total. The zero-order valence-electron chi connectivity index (χ0n) is 8.83. The summed E-state index contributed by atoms with van der Waals surface area (Å²) in [6.07, 6.45) is 3.53. The minimum atomic E-state index is 0.729. The fourth-order valence-electron chi connectivity index (χ4n) is 1.76. The van der Waals surface area contributed by atoms with Crippen LogP contribution >= 0.6 is 0 Å². The van der Waals surface area contributed by atoms with Gasteiger partial charge in [-0.25, -0.2) is 0 Å². The first-order valence-electron chi connectivity index (χ1n) is 5.22. The summed E-state index contributed by atoms with van der Waals surface area (Å²) < 4.78 is 0. The highest BCUT2D eigenvalue weighted by Crippen LogP contribution is 2.47. The first kappa shape index (κ1) is 9.30. The van der Waals surface area contributed by atoms with E-state index in [0.717, 1.165) is 11.8 Å². The Morgan fingerprint density at radius 1 is 1.29 bits per heavy atom. The standard InChI is InChI=1S/C14H16/c1-11(2)8-9-13-10-14(13)12-6-4-3-5-7-12/h3-7,9,13-14H,10H2,1-2H3. The van der Waals surface area contributed by atoms with Crippen LogP contribution in [0, 0.1) is 5.92 Å². The molecule has 1 aromatic rings. The van der Waals surface area contributed by atoms with Crippen molar-refractivity contribution in [1.82, 2.24) is 0 Å². The van der Waals surface area contributed by atoms with E-state index < -0.39 is 0 Å². The third-order valence-corrected chi connectivity index (χ3v) is 2.65. The molecule has 2 unspecified atom stereocenters. The normalized spacial score (nSPS) is 23.9. The van der Waals surface area contributed by atoms with E-state index in [9.17, 15) is 0 Å². The van der Waals surface area contributed by atoms with Crippen LogP contribution in [0.5, 0.6) is 0 Å². The van der Waals surface area contributed by atoms with Crippen molar-refractivity contribution in [1.29, 1.82) is 0 Å². The highest BCUT2D eigenvalue weighted by Gasteiger charge is 2.35. The van der Waals surface area contributed by atoms with Gasteiger partial charge in [0.1, 0.15) is 0 Å². The fraction of sp³-hybridized carbons (Fsp3) is 0.357. The van der Waals surface area contributed by atoms with Crippen molar-refractivity contribution in [2.24, 2.45) is 5.92 Å². The van der Waals surface area contributed by atoms with Crippen LogP contribution < -0.4 is 0 Å². The van der Waals surface area contributed by atoms with Crippen LogP contribution in [-0.4, -0.2) is 0 Å². The lowest BCUT2D eigenvalue weighted by atomic mass is 10.1. The number of hydrogen-bond acceptors (Lipinski definition) is 0. The molecule has 1 aliphatic rings. The molecule has 0 radical (unpaired) electrons. The van der Waals surface area contributed by atoms with Crippen molar-refractivity contribution in [3.8, 4) is 0 Å². The van der Waals surface area contributed by atoms with Crippen LogP contribution in [0.15, 0.2) is 47.7 Å². The molecule has 2 atom stereocenters. The van der Waals surface area contributed by atoms with Gasteiger partial charge in [-0.3, -0.25) is 0 Å². The van der Waals surface area contributed by atoms with Crippen LogP contribution in [0.3, 0.4) is 0 Å². The van der Waals surface area contributed by atoms with Crippen molar-refractivity contribution in [3.05, 3.63) is 53.3 Å². The SMILES string of the molecule is CC(C)=C=CC1CC1c1ccccc1. The lowest BCUT2D eigenvalue weighted by Gasteiger charge is -1.95.